The Bertz CT molecular complexity index is 525. The molecule has 0 saturated carbocycles. The number of nitrogen functional groups attached to an aromatic ring is 1. The number of hydrogen-bond donors (Lipinski definition) is 1. The molecule has 0 aliphatic carbocycles. The van der Waals surface area contributed by atoms with Crippen LogP contribution in [0.3, 0.4) is 0 Å². The topological polar surface area (TPSA) is 61.6 Å². The molecule has 2 aliphatic rings. The van der Waals surface area contributed by atoms with E-state index in [1.807, 2.05) is 11.8 Å². The van der Waals surface area contributed by atoms with Crippen molar-refractivity contribution in [2.45, 2.75) is 31.0 Å². The van der Waals surface area contributed by atoms with Gasteiger partial charge in [-0.15, -0.1) is 0 Å². The quantitative estimate of drug-likeness (QED) is 0.668. The van der Waals surface area contributed by atoms with Crippen molar-refractivity contribution in [3.63, 3.8) is 0 Å². The standard InChI is InChI=1S/C15H18ClNO3S/c16-11-2-1-3-12(17)13(11)14(18)20-10-4-6-19-15(8-10)5-7-21-9-15/h1-3,10H,4-9,17H2. The fraction of sp³-hybridized carbons (Fsp3) is 0.533. The largest absolute Gasteiger partial charge is 0.458 e. The van der Waals surface area contributed by atoms with E-state index in [9.17, 15) is 4.79 Å². The molecule has 2 unspecified atom stereocenters. The number of ether oxygens (including phenoxy) is 2. The van der Waals surface area contributed by atoms with Crippen LogP contribution in [0.5, 0.6) is 0 Å². The van der Waals surface area contributed by atoms with Gasteiger partial charge in [0.2, 0.25) is 0 Å². The molecule has 1 aromatic rings. The van der Waals surface area contributed by atoms with Crippen LogP contribution in [-0.4, -0.2) is 35.8 Å². The van der Waals surface area contributed by atoms with Crippen LogP contribution in [0, 0.1) is 0 Å². The summed E-state index contributed by atoms with van der Waals surface area (Å²) in [4.78, 5) is 12.3. The number of halogens is 1. The highest BCUT2D eigenvalue weighted by Gasteiger charge is 2.41. The molecule has 2 saturated heterocycles. The minimum Gasteiger partial charge on any atom is -0.458 e. The van der Waals surface area contributed by atoms with Crippen molar-refractivity contribution in [2.24, 2.45) is 0 Å². The van der Waals surface area contributed by atoms with E-state index in [1.165, 1.54) is 0 Å². The van der Waals surface area contributed by atoms with Crippen molar-refractivity contribution in [2.75, 3.05) is 23.8 Å². The molecule has 0 amide bonds. The van der Waals surface area contributed by atoms with E-state index in [1.54, 1.807) is 18.2 Å². The summed E-state index contributed by atoms with van der Waals surface area (Å²) < 4.78 is 11.6. The van der Waals surface area contributed by atoms with Crippen molar-refractivity contribution in [3.8, 4) is 0 Å². The van der Waals surface area contributed by atoms with Crippen molar-refractivity contribution in [1.82, 2.24) is 0 Å². The van der Waals surface area contributed by atoms with Gasteiger partial charge in [0, 0.05) is 24.3 Å². The zero-order chi connectivity index (χ0) is 14.9. The molecule has 0 radical (unpaired) electrons. The Labute approximate surface area is 133 Å². The number of hydrogen-bond acceptors (Lipinski definition) is 5. The third-order valence-corrected chi connectivity index (χ3v) is 5.58. The van der Waals surface area contributed by atoms with E-state index in [4.69, 9.17) is 26.8 Å². The van der Waals surface area contributed by atoms with E-state index in [0.717, 1.165) is 30.8 Å². The van der Waals surface area contributed by atoms with Crippen molar-refractivity contribution >= 4 is 35.0 Å². The predicted molar refractivity (Wildman–Crippen MR) is 84.9 cm³/mol. The minimum atomic E-state index is -0.439. The van der Waals surface area contributed by atoms with Crippen LogP contribution in [0.15, 0.2) is 18.2 Å². The maximum absolute atomic E-state index is 12.3. The molecule has 0 bridgehead atoms. The Balaban J connectivity index is 1.70. The number of anilines is 1. The lowest BCUT2D eigenvalue weighted by molar-refractivity contribution is -0.106. The highest BCUT2D eigenvalue weighted by Crippen LogP contribution is 2.39. The Hall–Kier alpha value is -0.910. The number of esters is 1. The molecule has 4 nitrogen and oxygen atoms in total. The van der Waals surface area contributed by atoms with E-state index in [2.05, 4.69) is 0 Å². The summed E-state index contributed by atoms with van der Waals surface area (Å²) >= 11 is 7.95. The average molecular weight is 328 g/mol. The highest BCUT2D eigenvalue weighted by molar-refractivity contribution is 7.99. The lowest BCUT2D eigenvalue weighted by Crippen LogP contribution is -2.43. The van der Waals surface area contributed by atoms with Gasteiger partial charge in [-0.1, -0.05) is 17.7 Å². The summed E-state index contributed by atoms with van der Waals surface area (Å²) in [5.41, 5.74) is 6.34. The fourth-order valence-electron chi connectivity index (χ4n) is 2.91. The van der Waals surface area contributed by atoms with Crippen LogP contribution in [-0.2, 0) is 9.47 Å². The second kappa shape index (κ2) is 6.07. The summed E-state index contributed by atoms with van der Waals surface area (Å²) in [6, 6.07) is 5.02. The van der Waals surface area contributed by atoms with Crippen molar-refractivity contribution in [1.29, 1.82) is 0 Å². The molecule has 2 aliphatic heterocycles. The summed E-state index contributed by atoms with van der Waals surface area (Å²) in [7, 11) is 0. The summed E-state index contributed by atoms with van der Waals surface area (Å²) in [5.74, 6) is 1.65. The molecule has 2 atom stereocenters. The van der Waals surface area contributed by atoms with Crippen LogP contribution >= 0.6 is 23.4 Å². The monoisotopic (exact) mass is 327 g/mol. The number of thioether (sulfide) groups is 1. The van der Waals surface area contributed by atoms with Crippen molar-refractivity contribution < 1.29 is 14.3 Å². The Morgan fingerprint density at radius 3 is 3.10 bits per heavy atom. The van der Waals surface area contributed by atoms with Gasteiger partial charge >= 0.3 is 5.97 Å². The van der Waals surface area contributed by atoms with Gasteiger partial charge in [0.1, 0.15) is 11.7 Å². The molecule has 1 aromatic carbocycles. The molecular formula is C15H18ClNO3S. The van der Waals surface area contributed by atoms with Gasteiger partial charge in [0.05, 0.1) is 17.2 Å². The number of benzene rings is 1. The molecule has 1 spiro atoms. The van der Waals surface area contributed by atoms with Crippen LogP contribution < -0.4 is 5.73 Å². The molecule has 0 aromatic heterocycles. The first kappa shape index (κ1) is 15.0. The summed E-state index contributed by atoms with van der Waals surface area (Å²) in [5, 5.41) is 0.332. The Morgan fingerprint density at radius 1 is 1.52 bits per heavy atom. The maximum Gasteiger partial charge on any atom is 0.342 e. The van der Waals surface area contributed by atoms with E-state index in [-0.39, 0.29) is 17.3 Å². The number of carbonyl (C=O) groups excluding carboxylic acids is 1. The van der Waals surface area contributed by atoms with Gasteiger partial charge in [-0.25, -0.2) is 4.79 Å². The fourth-order valence-corrected chi connectivity index (χ4v) is 4.55. The van der Waals surface area contributed by atoms with Gasteiger partial charge in [0.25, 0.3) is 0 Å². The molecule has 2 fully saturated rings. The predicted octanol–water partition coefficient (Wildman–Crippen LogP) is 3.13. The second-order valence-electron chi connectivity index (χ2n) is 5.56. The number of carbonyl (C=O) groups is 1. The molecule has 3 rings (SSSR count). The van der Waals surface area contributed by atoms with Gasteiger partial charge in [-0.05, 0) is 24.3 Å². The zero-order valence-electron chi connectivity index (χ0n) is 11.6. The number of nitrogens with two attached hydrogens (primary N) is 1. The molecule has 114 valence electrons. The van der Waals surface area contributed by atoms with Crippen molar-refractivity contribution in [3.05, 3.63) is 28.8 Å². The summed E-state index contributed by atoms with van der Waals surface area (Å²) in [6.07, 6.45) is 2.39. The van der Waals surface area contributed by atoms with Gasteiger partial charge in [-0.2, -0.15) is 11.8 Å². The third kappa shape index (κ3) is 3.15. The highest BCUT2D eigenvalue weighted by atomic mass is 35.5. The molecule has 2 N–H and O–H groups in total. The van der Waals surface area contributed by atoms with E-state index >= 15 is 0 Å². The van der Waals surface area contributed by atoms with Crippen LogP contribution in [0.4, 0.5) is 5.69 Å². The first-order chi connectivity index (χ1) is 10.1. The van der Waals surface area contributed by atoms with E-state index < -0.39 is 5.97 Å². The minimum absolute atomic E-state index is 0.111. The lowest BCUT2D eigenvalue weighted by Gasteiger charge is -2.37. The summed E-state index contributed by atoms with van der Waals surface area (Å²) in [6.45, 7) is 0.635. The van der Waals surface area contributed by atoms with Crippen LogP contribution in [0.2, 0.25) is 5.02 Å². The van der Waals surface area contributed by atoms with Gasteiger partial charge in [0.15, 0.2) is 0 Å². The van der Waals surface area contributed by atoms with Crippen LogP contribution in [0.25, 0.3) is 0 Å². The molecule has 21 heavy (non-hydrogen) atoms. The molecule has 6 heteroatoms. The lowest BCUT2D eigenvalue weighted by atomic mass is 9.91. The second-order valence-corrected chi connectivity index (χ2v) is 7.07. The molecule has 2 heterocycles. The number of rotatable bonds is 2. The molecular weight excluding hydrogens is 310 g/mol. The smallest absolute Gasteiger partial charge is 0.342 e. The average Bonchev–Trinajstić information content (AvgIpc) is 2.86. The first-order valence-electron chi connectivity index (χ1n) is 7.06. The Kier molecular flexibility index (Phi) is 4.33. The van der Waals surface area contributed by atoms with E-state index in [0.29, 0.717) is 17.3 Å². The normalized spacial score (nSPS) is 28.7. The Morgan fingerprint density at radius 2 is 2.38 bits per heavy atom. The van der Waals surface area contributed by atoms with Crippen LogP contribution in [0.1, 0.15) is 29.6 Å². The first-order valence-corrected chi connectivity index (χ1v) is 8.60. The van der Waals surface area contributed by atoms with Gasteiger partial charge < -0.3 is 15.2 Å². The maximum atomic E-state index is 12.3. The van der Waals surface area contributed by atoms with Gasteiger partial charge in [-0.3, -0.25) is 0 Å². The SMILES string of the molecule is Nc1cccc(Cl)c1C(=O)OC1CCOC2(CCSC2)C1. The zero-order valence-corrected chi connectivity index (χ0v) is 13.2. The third-order valence-electron chi connectivity index (χ3n) is 4.04.